The van der Waals surface area contributed by atoms with Crippen molar-refractivity contribution in [3.05, 3.63) is 63.1 Å². The fourth-order valence-electron chi connectivity index (χ4n) is 2.38. The summed E-state index contributed by atoms with van der Waals surface area (Å²) in [5, 5.41) is 12.3. The lowest BCUT2D eigenvalue weighted by Gasteiger charge is -2.14. The van der Waals surface area contributed by atoms with Gasteiger partial charge in [0.15, 0.2) is 0 Å². The molecule has 0 saturated heterocycles. The highest BCUT2D eigenvalue weighted by Crippen LogP contribution is 2.34. The number of hydrogen-bond acceptors (Lipinski definition) is 4. The maximum atomic E-state index is 12.5. The number of benzene rings is 2. The van der Waals surface area contributed by atoms with E-state index in [0.717, 1.165) is 4.90 Å². The minimum Gasteiger partial charge on any atom is -0.411 e. The molecule has 2 amide bonds. The number of anilines is 1. The molecule has 0 aromatic heterocycles. The van der Waals surface area contributed by atoms with Gasteiger partial charge in [-0.25, -0.2) is 4.90 Å². The van der Waals surface area contributed by atoms with Crippen LogP contribution in [0.2, 0.25) is 10.0 Å². The molecule has 2 aromatic carbocycles. The van der Waals surface area contributed by atoms with Crippen LogP contribution in [0.1, 0.15) is 33.2 Å². The number of nitrogens with zero attached hydrogens (tertiary/aromatic N) is 2. The molecule has 1 N–H and O–H groups in total. The number of oxime groups is 1. The van der Waals surface area contributed by atoms with Gasteiger partial charge in [-0.15, -0.1) is 0 Å². The molecule has 0 unspecified atom stereocenters. The van der Waals surface area contributed by atoms with Crippen LogP contribution in [0, 0.1) is 0 Å². The molecule has 1 aliphatic rings. The molecule has 23 heavy (non-hydrogen) atoms. The standard InChI is InChI=1S/C16H10Cl2N2O3/c1-8(19-23)9-2-4-10(5-3-9)20-15(21)11-6-13(17)14(18)7-12(11)16(20)22/h2-7,23H,1H3/b19-8-. The van der Waals surface area contributed by atoms with Gasteiger partial charge in [-0.3, -0.25) is 9.59 Å². The predicted octanol–water partition coefficient (Wildman–Crippen LogP) is 3.99. The van der Waals surface area contributed by atoms with E-state index in [2.05, 4.69) is 5.16 Å². The Bertz CT molecular complexity index is 819. The van der Waals surface area contributed by atoms with Crippen molar-refractivity contribution in [1.29, 1.82) is 0 Å². The molecule has 116 valence electrons. The van der Waals surface area contributed by atoms with Gasteiger partial charge in [-0.05, 0) is 36.8 Å². The van der Waals surface area contributed by atoms with Gasteiger partial charge in [0.25, 0.3) is 11.8 Å². The third-order valence-electron chi connectivity index (χ3n) is 3.62. The SMILES string of the molecule is C/C(=N/O)c1ccc(N2C(=O)c3cc(Cl)c(Cl)cc3C2=O)cc1. The molecule has 0 fully saturated rings. The highest BCUT2D eigenvalue weighted by Gasteiger charge is 2.37. The number of carbonyl (C=O) groups excluding carboxylic acids is 2. The summed E-state index contributed by atoms with van der Waals surface area (Å²) in [6, 6.07) is 9.33. The van der Waals surface area contributed by atoms with E-state index in [4.69, 9.17) is 28.4 Å². The van der Waals surface area contributed by atoms with Gasteiger partial charge in [0.2, 0.25) is 0 Å². The summed E-state index contributed by atoms with van der Waals surface area (Å²) >= 11 is 11.8. The highest BCUT2D eigenvalue weighted by molar-refractivity contribution is 6.44. The van der Waals surface area contributed by atoms with E-state index in [1.54, 1.807) is 31.2 Å². The molecule has 1 aliphatic heterocycles. The second kappa shape index (κ2) is 5.68. The lowest BCUT2D eigenvalue weighted by molar-refractivity contribution is 0.0926. The Balaban J connectivity index is 2.02. The van der Waals surface area contributed by atoms with Crippen molar-refractivity contribution in [3.8, 4) is 0 Å². The van der Waals surface area contributed by atoms with E-state index in [9.17, 15) is 9.59 Å². The topological polar surface area (TPSA) is 70.0 Å². The summed E-state index contributed by atoms with van der Waals surface area (Å²) in [6.45, 7) is 1.64. The van der Waals surface area contributed by atoms with Crippen molar-refractivity contribution in [2.45, 2.75) is 6.92 Å². The molecule has 0 atom stereocenters. The van der Waals surface area contributed by atoms with Crippen LogP contribution in [0.15, 0.2) is 41.6 Å². The molecule has 0 spiro atoms. The Labute approximate surface area is 141 Å². The highest BCUT2D eigenvalue weighted by atomic mass is 35.5. The molecule has 0 saturated carbocycles. The molecule has 2 aromatic rings. The molecule has 0 radical (unpaired) electrons. The van der Waals surface area contributed by atoms with Crippen LogP contribution in [0.4, 0.5) is 5.69 Å². The Morgan fingerprint density at radius 3 is 1.91 bits per heavy atom. The fourth-order valence-corrected chi connectivity index (χ4v) is 2.71. The zero-order valence-corrected chi connectivity index (χ0v) is 13.4. The van der Waals surface area contributed by atoms with E-state index in [0.29, 0.717) is 17.0 Å². The predicted molar refractivity (Wildman–Crippen MR) is 88.0 cm³/mol. The first-order chi connectivity index (χ1) is 10.9. The molecular weight excluding hydrogens is 339 g/mol. The number of amides is 2. The monoisotopic (exact) mass is 348 g/mol. The number of imide groups is 1. The molecule has 1 heterocycles. The van der Waals surface area contributed by atoms with E-state index in [-0.39, 0.29) is 21.2 Å². The summed E-state index contributed by atoms with van der Waals surface area (Å²) < 4.78 is 0. The summed E-state index contributed by atoms with van der Waals surface area (Å²) in [5.74, 6) is -0.910. The van der Waals surface area contributed by atoms with Gasteiger partial charge in [0.05, 0.1) is 32.6 Å². The van der Waals surface area contributed by atoms with Gasteiger partial charge < -0.3 is 5.21 Å². The zero-order chi connectivity index (χ0) is 16.7. The van der Waals surface area contributed by atoms with Crippen LogP contribution < -0.4 is 4.90 Å². The zero-order valence-electron chi connectivity index (χ0n) is 11.9. The Hall–Kier alpha value is -2.37. The van der Waals surface area contributed by atoms with Crippen LogP contribution >= 0.6 is 23.2 Å². The average molecular weight is 349 g/mol. The quantitative estimate of drug-likeness (QED) is 0.386. The molecule has 7 heteroatoms. The number of rotatable bonds is 2. The summed E-state index contributed by atoms with van der Waals surface area (Å²) in [5.41, 5.74) is 1.97. The minimum absolute atomic E-state index is 0.221. The first-order valence-corrected chi connectivity index (χ1v) is 7.36. The van der Waals surface area contributed by atoms with Crippen molar-refractivity contribution in [3.63, 3.8) is 0 Å². The van der Waals surface area contributed by atoms with Crippen molar-refractivity contribution < 1.29 is 14.8 Å². The minimum atomic E-state index is -0.455. The second-order valence-electron chi connectivity index (χ2n) is 4.99. The first-order valence-electron chi connectivity index (χ1n) is 6.61. The van der Waals surface area contributed by atoms with Gasteiger partial charge in [0, 0.05) is 0 Å². The fraction of sp³-hybridized carbons (Fsp3) is 0.0625. The van der Waals surface area contributed by atoms with Crippen molar-refractivity contribution in [2.24, 2.45) is 5.16 Å². The third kappa shape index (κ3) is 2.48. The van der Waals surface area contributed by atoms with E-state index in [1.165, 1.54) is 12.1 Å². The number of hydrogen-bond donors (Lipinski definition) is 1. The first kappa shape index (κ1) is 15.5. The Kier molecular flexibility index (Phi) is 3.83. The lowest BCUT2D eigenvalue weighted by Crippen LogP contribution is -2.29. The average Bonchev–Trinajstić information content (AvgIpc) is 2.78. The second-order valence-corrected chi connectivity index (χ2v) is 5.80. The third-order valence-corrected chi connectivity index (χ3v) is 4.34. The van der Waals surface area contributed by atoms with Gasteiger partial charge in [-0.2, -0.15) is 0 Å². The van der Waals surface area contributed by atoms with E-state index in [1.807, 2.05) is 0 Å². The Morgan fingerprint density at radius 1 is 1.00 bits per heavy atom. The maximum Gasteiger partial charge on any atom is 0.266 e. The van der Waals surface area contributed by atoms with E-state index < -0.39 is 11.8 Å². The van der Waals surface area contributed by atoms with Crippen molar-refractivity contribution >= 4 is 46.4 Å². The molecule has 0 bridgehead atoms. The van der Waals surface area contributed by atoms with Gasteiger partial charge >= 0.3 is 0 Å². The van der Waals surface area contributed by atoms with Crippen molar-refractivity contribution in [2.75, 3.05) is 4.90 Å². The summed E-state index contributed by atoms with van der Waals surface area (Å²) in [7, 11) is 0. The normalized spacial score (nSPS) is 14.4. The smallest absolute Gasteiger partial charge is 0.266 e. The number of fused-ring (bicyclic) bond motifs is 1. The van der Waals surface area contributed by atoms with Crippen LogP contribution in [-0.2, 0) is 0 Å². The maximum absolute atomic E-state index is 12.5. The molecule has 0 aliphatic carbocycles. The molecule has 3 rings (SSSR count). The number of carbonyl (C=O) groups is 2. The van der Waals surface area contributed by atoms with Crippen LogP contribution in [-0.4, -0.2) is 22.7 Å². The van der Waals surface area contributed by atoms with Crippen LogP contribution in [0.25, 0.3) is 0 Å². The van der Waals surface area contributed by atoms with Crippen molar-refractivity contribution in [1.82, 2.24) is 0 Å². The summed E-state index contributed by atoms with van der Waals surface area (Å²) in [6.07, 6.45) is 0. The van der Waals surface area contributed by atoms with Gasteiger partial charge in [0.1, 0.15) is 0 Å². The van der Waals surface area contributed by atoms with Gasteiger partial charge in [-0.1, -0.05) is 40.5 Å². The van der Waals surface area contributed by atoms with Crippen LogP contribution in [0.3, 0.4) is 0 Å². The van der Waals surface area contributed by atoms with E-state index >= 15 is 0 Å². The Morgan fingerprint density at radius 2 is 1.48 bits per heavy atom. The molecular formula is C16H10Cl2N2O3. The van der Waals surface area contributed by atoms with Crippen LogP contribution in [0.5, 0.6) is 0 Å². The summed E-state index contributed by atoms with van der Waals surface area (Å²) in [4.78, 5) is 26.0. The lowest BCUT2D eigenvalue weighted by atomic mass is 10.1. The number of halogens is 2. The molecule has 5 nitrogen and oxygen atoms in total. The largest absolute Gasteiger partial charge is 0.411 e.